The van der Waals surface area contributed by atoms with Crippen LogP contribution in [0.5, 0.6) is 0 Å². The number of benzene rings is 3. The molecule has 0 aliphatic carbocycles. The predicted octanol–water partition coefficient (Wildman–Crippen LogP) is 4.47. The van der Waals surface area contributed by atoms with E-state index in [2.05, 4.69) is 52.2 Å². The van der Waals surface area contributed by atoms with Gasteiger partial charge in [0.25, 0.3) is 0 Å². The van der Waals surface area contributed by atoms with Crippen molar-refractivity contribution in [1.29, 1.82) is 0 Å². The number of nitrogens with zero attached hydrogens (tertiary/aromatic N) is 5. The van der Waals surface area contributed by atoms with Gasteiger partial charge in [-0.25, -0.2) is 9.67 Å². The number of hydrogen-bond donors (Lipinski definition) is 0. The third-order valence-corrected chi connectivity index (χ3v) is 5.78. The van der Waals surface area contributed by atoms with Gasteiger partial charge in [-0.15, -0.1) is 0 Å². The van der Waals surface area contributed by atoms with Gasteiger partial charge in [0, 0.05) is 18.0 Å². The van der Waals surface area contributed by atoms with Crippen molar-refractivity contribution in [3.63, 3.8) is 0 Å². The standard InChI is InChI=1S/C25H27N5O/c1-4-29(24-11-7-9-21-8-5-6-10-23(21)24)25(31)16-28(3)19(2)20-12-14-22(15-13-20)30-18-26-17-27-30/h5-15,17-19H,4,16H2,1-3H3. The fraction of sp³-hybridized carbons (Fsp3) is 0.240. The molecule has 0 aliphatic heterocycles. The zero-order valence-corrected chi connectivity index (χ0v) is 18.1. The van der Waals surface area contributed by atoms with Crippen molar-refractivity contribution < 1.29 is 4.79 Å². The maximum absolute atomic E-state index is 13.2. The molecule has 158 valence electrons. The van der Waals surface area contributed by atoms with Crippen molar-refractivity contribution in [2.75, 3.05) is 25.0 Å². The van der Waals surface area contributed by atoms with E-state index in [0.29, 0.717) is 13.1 Å². The molecule has 1 amide bonds. The Labute approximate surface area is 182 Å². The van der Waals surface area contributed by atoms with E-state index in [9.17, 15) is 4.79 Å². The van der Waals surface area contributed by atoms with Gasteiger partial charge in [0.15, 0.2) is 0 Å². The molecule has 0 saturated carbocycles. The third kappa shape index (κ3) is 4.34. The molecule has 1 aromatic heterocycles. The number of amides is 1. The zero-order valence-electron chi connectivity index (χ0n) is 18.1. The number of carbonyl (C=O) groups is 1. The molecule has 31 heavy (non-hydrogen) atoms. The first-order valence-electron chi connectivity index (χ1n) is 10.5. The van der Waals surface area contributed by atoms with Gasteiger partial charge in [-0.05, 0) is 50.0 Å². The van der Waals surface area contributed by atoms with E-state index in [1.54, 1.807) is 11.0 Å². The fourth-order valence-electron chi connectivity index (χ4n) is 3.86. The lowest BCUT2D eigenvalue weighted by Gasteiger charge is -2.29. The first-order chi connectivity index (χ1) is 15.1. The molecule has 6 nitrogen and oxygen atoms in total. The highest BCUT2D eigenvalue weighted by Crippen LogP contribution is 2.27. The summed E-state index contributed by atoms with van der Waals surface area (Å²) >= 11 is 0. The highest BCUT2D eigenvalue weighted by molar-refractivity contribution is 6.04. The molecular formula is C25H27N5O. The number of hydrogen-bond acceptors (Lipinski definition) is 4. The Morgan fingerprint density at radius 3 is 2.48 bits per heavy atom. The highest BCUT2D eigenvalue weighted by Gasteiger charge is 2.21. The van der Waals surface area contributed by atoms with E-state index in [4.69, 9.17) is 0 Å². The minimum absolute atomic E-state index is 0.0902. The number of anilines is 1. The topological polar surface area (TPSA) is 54.3 Å². The van der Waals surface area contributed by atoms with Crippen LogP contribution in [0, 0.1) is 0 Å². The summed E-state index contributed by atoms with van der Waals surface area (Å²) in [6.45, 7) is 5.10. The monoisotopic (exact) mass is 413 g/mol. The summed E-state index contributed by atoms with van der Waals surface area (Å²) in [5.41, 5.74) is 3.07. The van der Waals surface area contributed by atoms with Gasteiger partial charge in [0.05, 0.1) is 17.9 Å². The molecule has 0 aliphatic rings. The Kier molecular flexibility index (Phi) is 6.09. The molecule has 0 saturated heterocycles. The number of fused-ring (bicyclic) bond motifs is 1. The summed E-state index contributed by atoms with van der Waals surface area (Å²) in [5.74, 6) is 0.0902. The van der Waals surface area contributed by atoms with Crippen LogP contribution in [-0.2, 0) is 4.79 Å². The van der Waals surface area contributed by atoms with Gasteiger partial charge in [-0.3, -0.25) is 9.69 Å². The molecule has 1 heterocycles. The number of likely N-dealkylation sites (N-methyl/N-ethyl adjacent to an activating group) is 2. The van der Waals surface area contributed by atoms with Crippen LogP contribution in [0.2, 0.25) is 0 Å². The third-order valence-electron chi connectivity index (χ3n) is 5.78. The second-order valence-corrected chi connectivity index (χ2v) is 7.66. The van der Waals surface area contributed by atoms with Gasteiger partial charge in [0.1, 0.15) is 12.7 Å². The van der Waals surface area contributed by atoms with Crippen LogP contribution in [0.15, 0.2) is 79.4 Å². The Bertz CT molecular complexity index is 1150. The van der Waals surface area contributed by atoms with E-state index in [-0.39, 0.29) is 11.9 Å². The first-order valence-corrected chi connectivity index (χ1v) is 10.5. The second-order valence-electron chi connectivity index (χ2n) is 7.66. The summed E-state index contributed by atoms with van der Waals surface area (Å²) in [6, 6.07) is 22.6. The maximum atomic E-state index is 13.2. The Morgan fingerprint density at radius 1 is 1.03 bits per heavy atom. The molecule has 0 spiro atoms. The molecule has 4 rings (SSSR count). The SMILES string of the molecule is CCN(C(=O)CN(C)C(C)c1ccc(-n2cncn2)cc1)c1cccc2ccccc12. The lowest BCUT2D eigenvalue weighted by molar-refractivity contribution is -0.119. The first kappa shape index (κ1) is 20.8. The van der Waals surface area contributed by atoms with E-state index in [0.717, 1.165) is 27.7 Å². The van der Waals surface area contributed by atoms with E-state index in [1.165, 1.54) is 6.33 Å². The largest absolute Gasteiger partial charge is 0.311 e. The van der Waals surface area contributed by atoms with Gasteiger partial charge in [0.2, 0.25) is 5.91 Å². The minimum Gasteiger partial charge on any atom is -0.311 e. The van der Waals surface area contributed by atoms with Crippen molar-refractivity contribution in [3.8, 4) is 5.69 Å². The van der Waals surface area contributed by atoms with Crippen LogP contribution in [0.25, 0.3) is 16.5 Å². The summed E-state index contributed by atoms with van der Waals surface area (Å²) in [4.78, 5) is 21.2. The van der Waals surface area contributed by atoms with Crippen LogP contribution in [0.3, 0.4) is 0 Å². The van der Waals surface area contributed by atoms with E-state index >= 15 is 0 Å². The van der Waals surface area contributed by atoms with Crippen molar-refractivity contribution >= 4 is 22.4 Å². The summed E-state index contributed by atoms with van der Waals surface area (Å²) in [6.07, 6.45) is 3.20. The lowest BCUT2D eigenvalue weighted by Crippen LogP contribution is -2.40. The molecule has 0 N–H and O–H groups in total. The molecule has 1 atom stereocenters. The van der Waals surface area contributed by atoms with Crippen LogP contribution in [0.1, 0.15) is 25.5 Å². The van der Waals surface area contributed by atoms with Crippen LogP contribution >= 0.6 is 0 Å². The number of aromatic nitrogens is 3. The molecule has 0 fully saturated rings. The molecule has 1 unspecified atom stereocenters. The molecule has 3 aromatic carbocycles. The fourth-order valence-corrected chi connectivity index (χ4v) is 3.86. The summed E-state index contributed by atoms with van der Waals surface area (Å²) < 4.78 is 1.73. The summed E-state index contributed by atoms with van der Waals surface area (Å²) in [5, 5.41) is 6.40. The molecule has 4 aromatic rings. The van der Waals surface area contributed by atoms with Crippen molar-refractivity contribution in [3.05, 3.63) is 84.9 Å². The molecule has 6 heteroatoms. The number of carbonyl (C=O) groups excluding carboxylic acids is 1. The maximum Gasteiger partial charge on any atom is 0.241 e. The average molecular weight is 414 g/mol. The van der Waals surface area contributed by atoms with Gasteiger partial charge in [-0.2, -0.15) is 5.10 Å². The Morgan fingerprint density at radius 2 is 1.77 bits per heavy atom. The minimum atomic E-state index is 0.0902. The van der Waals surface area contributed by atoms with Gasteiger partial charge >= 0.3 is 0 Å². The normalized spacial score (nSPS) is 12.3. The van der Waals surface area contributed by atoms with Crippen LogP contribution in [0.4, 0.5) is 5.69 Å². The van der Waals surface area contributed by atoms with Crippen molar-refractivity contribution in [2.45, 2.75) is 19.9 Å². The Balaban J connectivity index is 1.49. The smallest absolute Gasteiger partial charge is 0.241 e. The Hall–Kier alpha value is -3.51. The number of rotatable bonds is 7. The zero-order chi connectivity index (χ0) is 21.8. The van der Waals surface area contributed by atoms with Crippen molar-refractivity contribution in [1.82, 2.24) is 19.7 Å². The molecule has 0 radical (unpaired) electrons. The van der Waals surface area contributed by atoms with Gasteiger partial charge < -0.3 is 4.90 Å². The lowest BCUT2D eigenvalue weighted by atomic mass is 10.1. The van der Waals surface area contributed by atoms with Crippen LogP contribution in [-0.4, -0.2) is 45.7 Å². The second kappa shape index (κ2) is 9.10. The van der Waals surface area contributed by atoms with E-state index in [1.807, 2.05) is 55.3 Å². The predicted molar refractivity (Wildman–Crippen MR) is 124 cm³/mol. The van der Waals surface area contributed by atoms with Gasteiger partial charge in [-0.1, -0.05) is 48.5 Å². The quantitative estimate of drug-likeness (QED) is 0.449. The summed E-state index contributed by atoms with van der Waals surface area (Å²) in [7, 11) is 1.99. The molecule has 0 bridgehead atoms. The van der Waals surface area contributed by atoms with E-state index < -0.39 is 0 Å². The highest BCUT2D eigenvalue weighted by atomic mass is 16.2. The van der Waals surface area contributed by atoms with Crippen molar-refractivity contribution in [2.24, 2.45) is 0 Å². The van der Waals surface area contributed by atoms with Crippen LogP contribution < -0.4 is 4.90 Å². The average Bonchev–Trinajstić information content (AvgIpc) is 3.34. The molecular weight excluding hydrogens is 386 g/mol.